The van der Waals surface area contributed by atoms with Gasteiger partial charge >= 0.3 is 0 Å². The SMILES string of the molecule is Cc1cc(-c2ncnn3cc(CCN4CCN(c5ccc(NC6CCC(=O)NC6=O)cn5)CC4)cc23)ccc1CNC(=O)c1noc(C(C)(C)C)n1. The summed E-state index contributed by atoms with van der Waals surface area (Å²) in [5, 5.41) is 16.8. The van der Waals surface area contributed by atoms with Gasteiger partial charge in [-0.1, -0.05) is 38.1 Å². The zero-order chi connectivity index (χ0) is 36.4. The number of anilines is 2. The second-order valence-corrected chi connectivity index (χ2v) is 14.4. The van der Waals surface area contributed by atoms with Gasteiger partial charge in [0.05, 0.1) is 23.1 Å². The Bertz CT molecular complexity index is 2090. The van der Waals surface area contributed by atoms with Crippen molar-refractivity contribution in [1.82, 2.24) is 45.3 Å². The average molecular weight is 706 g/mol. The summed E-state index contributed by atoms with van der Waals surface area (Å²) in [6.07, 6.45) is 7.10. The highest BCUT2D eigenvalue weighted by Crippen LogP contribution is 2.26. The number of benzene rings is 1. The number of hydrogen-bond acceptors (Lipinski definition) is 12. The molecule has 3 N–H and O–H groups in total. The predicted octanol–water partition coefficient (Wildman–Crippen LogP) is 3.29. The fourth-order valence-electron chi connectivity index (χ4n) is 6.44. The lowest BCUT2D eigenvalue weighted by Crippen LogP contribution is -2.47. The van der Waals surface area contributed by atoms with Crippen LogP contribution in [-0.2, 0) is 28.0 Å². The Morgan fingerprint density at radius 2 is 1.88 bits per heavy atom. The second kappa shape index (κ2) is 14.5. The Balaban J connectivity index is 0.915. The number of carbonyl (C=O) groups excluding carboxylic acids is 3. The van der Waals surface area contributed by atoms with Crippen molar-refractivity contribution < 1.29 is 18.9 Å². The minimum atomic E-state index is -0.429. The van der Waals surface area contributed by atoms with E-state index in [1.807, 2.05) is 56.5 Å². The Hall–Kier alpha value is -5.70. The summed E-state index contributed by atoms with van der Waals surface area (Å²) >= 11 is 0. The summed E-state index contributed by atoms with van der Waals surface area (Å²) in [5.41, 5.74) is 6.38. The van der Waals surface area contributed by atoms with Gasteiger partial charge in [-0.15, -0.1) is 0 Å². The molecule has 270 valence electrons. The van der Waals surface area contributed by atoms with E-state index in [0.29, 0.717) is 25.3 Å². The van der Waals surface area contributed by atoms with Crippen molar-refractivity contribution in [3.63, 3.8) is 0 Å². The maximum Gasteiger partial charge on any atom is 0.292 e. The number of carbonyl (C=O) groups is 3. The topological polar surface area (TPSA) is 176 Å². The van der Waals surface area contributed by atoms with E-state index in [1.165, 1.54) is 5.56 Å². The van der Waals surface area contributed by atoms with Crippen molar-refractivity contribution in [3.05, 3.63) is 83.5 Å². The van der Waals surface area contributed by atoms with Gasteiger partial charge in [-0.05, 0) is 60.7 Å². The van der Waals surface area contributed by atoms with E-state index in [0.717, 1.165) is 78.6 Å². The summed E-state index contributed by atoms with van der Waals surface area (Å²) in [4.78, 5) is 54.4. The van der Waals surface area contributed by atoms with Gasteiger partial charge in [0.25, 0.3) is 11.7 Å². The molecule has 0 spiro atoms. The summed E-state index contributed by atoms with van der Waals surface area (Å²) in [5.74, 6) is 0.447. The molecule has 15 nitrogen and oxygen atoms in total. The van der Waals surface area contributed by atoms with Crippen LogP contribution in [0.2, 0.25) is 0 Å². The van der Waals surface area contributed by atoms with E-state index < -0.39 is 6.04 Å². The van der Waals surface area contributed by atoms with Gasteiger partial charge in [0, 0.05) is 62.9 Å². The first-order chi connectivity index (χ1) is 25.0. The number of nitrogens with one attached hydrogen (secondary N) is 3. The number of piperazine rings is 1. The lowest BCUT2D eigenvalue weighted by Gasteiger charge is -2.35. The van der Waals surface area contributed by atoms with Crippen LogP contribution >= 0.6 is 0 Å². The molecular weight excluding hydrogens is 662 g/mol. The number of pyridine rings is 1. The van der Waals surface area contributed by atoms with E-state index in [4.69, 9.17) is 4.52 Å². The molecule has 2 saturated heterocycles. The first-order valence-corrected chi connectivity index (χ1v) is 17.6. The molecule has 0 radical (unpaired) electrons. The summed E-state index contributed by atoms with van der Waals surface area (Å²) < 4.78 is 7.15. The van der Waals surface area contributed by atoms with Crippen molar-refractivity contribution in [1.29, 1.82) is 0 Å². The summed E-state index contributed by atoms with van der Waals surface area (Å²) in [7, 11) is 0. The quantitative estimate of drug-likeness (QED) is 0.181. The highest BCUT2D eigenvalue weighted by atomic mass is 16.5. The molecule has 1 unspecified atom stereocenters. The van der Waals surface area contributed by atoms with Crippen LogP contribution in [0.5, 0.6) is 0 Å². The van der Waals surface area contributed by atoms with Crippen LogP contribution in [0.4, 0.5) is 11.5 Å². The predicted molar refractivity (Wildman–Crippen MR) is 194 cm³/mol. The number of amides is 3. The molecule has 0 bridgehead atoms. The van der Waals surface area contributed by atoms with Crippen LogP contribution in [0.3, 0.4) is 0 Å². The molecule has 5 aromatic rings. The smallest absolute Gasteiger partial charge is 0.292 e. The van der Waals surface area contributed by atoms with E-state index in [-0.39, 0.29) is 29.0 Å². The van der Waals surface area contributed by atoms with Gasteiger partial charge in [-0.2, -0.15) is 10.1 Å². The highest BCUT2D eigenvalue weighted by molar-refractivity contribution is 6.01. The fourth-order valence-corrected chi connectivity index (χ4v) is 6.44. The Morgan fingerprint density at radius 3 is 2.60 bits per heavy atom. The van der Waals surface area contributed by atoms with Gasteiger partial charge < -0.3 is 20.1 Å². The number of aryl methyl sites for hydroxylation is 1. The molecule has 52 heavy (non-hydrogen) atoms. The lowest BCUT2D eigenvalue weighted by molar-refractivity contribution is -0.133. The number of piperidine rings is 1. The molecule has 1 atom stereocenters. The van der Waals surface area contributed by atoms with Crippen molar-refractivity contribution >= 4 is 34.7 Å². The molecule has 2 aliphatic heterocycles. The molecular formula is C37H43N11O4. The number of rotatable bonds is 10. The van der Waals surface area contributed by atoms with Crippen LogP contribution in [0.25, 0.3) is 16.8 Å². The van der Waals surface area contributed by atoms with Crippen LogP contribution in [-0.4, -0.2) is 91.1 Å². The third kappa shape index (κ3) is 7.78. The molecule has 6 heterocycles. The maximum absolute atomic E-state index is 12.7. The highest BCUT2D eigenvalue weighted by Gasteiger charge is 2.27. The Labute approximate surface area is 301 Å². The number of fused-ring (bicyclic) bond motifs is 1. The zero-order valence-electron chi connectivity index (χ0n) is 29.8. The molecule has 7 rings (SSSR count). The van der Waals surface area contributed by atoms with E-state index >= 15 is 0 Å². The molecule has 4 aromatic heterocycles. The number of aromatic nitrogens is 6. The van der Waals surface area contributed by atoms with Crippen molar-refractivity contribution in [2.45, 2.75) is 65.0 Å². The third-order valence-corrected chi connectivity index (χ3v) is 9.53. The van der Waals surface area contributed by atoms with Gasteiger partial charge in [0.2, 0.25) is 17.7 Å². The van der Waals surface area contributed by atoms with Crippen LogP contribution in [0, 0.1) is 6.92 Å². The van der Waals surface area contributed by atoms with Crippen molar-refractivity contribution in [2.75, 3.05) is 42.9 Å². The standard InChI is InChI=1S/C37H43N11O4/c1-23-17-25(5-6-26(23)19-39-35(51)33-44-36(52-45-33)37(2,3)4)32-29-18-24(21-48(29)41-22-40-32)11-12-46-13-15-47(16-14-46)30-9-7-27(20-38-30)42-28-8-10-31(49)43-34(28)50/h5-7,9,17-18,20-22,28,42H,8,10-16,19H2,1-4H3,(H,39,51)(H,43,49,50). The van der Waals surface area contributed by atoms with Crippen molar-refractivity contribution in [2.24, 2.45) is 0 Å². The second-order valence-electron chi connectivity index (χ2n) is 14.4. The summed E-state index contributed by atoms with van der Waals surface area (Å²) in [6.45, 7) is 12.7. The average Bonchev–Trinajstić information content (AvgIpc) is 3.80. The van der Waals surface area contributed by atoms with Crippen molar-refractivity contribution in [3.8, 4) is 11.3 Å². The molecule has 3 amide bonds. The van der Waals surface area contributed by atoms with Gasteiger partial charge in [0.1, 0.15) is 18.2 Å². The normalized spacial score (nSPS) is 17.0. The fraction of sp³-hybridized carbons (Fsp3) is 0.405. The molecule has 2 fully saturated rings. The minimum Gasteiger partial charge on any atom is -0.372 e. The zero-order valence-corrected chi connectivity index (χ0v) is 29.8. The van der Waals surface area contributed by atoms with Crippen LogP contribution in [0.15, 0.2) is 59.6 Å². The largest absolute Gasteiger partial charge is 0.372 e. The molecule has 1 aromatic carbocycles. The number of imide groups is 1. The molecule has 0 aliphatic carbocycles. The minimum absolute atomic E-state index is 0.0244. The van der Waals surface area contributed by atoms with Gasteiger partial charge in [0.15, 0.2) is 0 Å². The van der Waals surface area contributed by atoms with E-state index in [2.05, 4.69) is 69.3 Å². The third-order valence-electron chi connectivity index (χ3n) is 9.53. The summed E-state index contributed by atoms with van der Waals surface area (Å²) in [6, 6.07) is 11.8. The van der Waals surface area contributed by atoms with Gasteiger partial charge in [-0.25, -0.2) is 14.5 Å². The van der Waals surface area contributed by atoms with Gasteiger partial charge in [-0.3, -0.25) is 24.6 Å². The first kappa shape index (κ1) is 34.7. The maximum atomic E-state index is 12.7. The van der Waals surface area contributed by atoms with E-state index in [9.17, 15) is 14.4 Å². The number of nitrogens with zero attached hydrogens (tertiary/aromatic N) is 8. The monoisotopic (exact) mass is 705 g/mol. The lowest BCUT2D eigenvalue weighted by atomic mass is 9.97. The Morgan fingerprint density at radius 1 is 1.06 bits per heavy atom. The van der Waals surface area contributed by atoms with E-state index in [1.54, 1.807) is 12.5 Å². The molecule has 15 heteroatoms. The molecule has 0 saturated carbocycles. The molecule has 2 aliphatic rings. The van der Waals surface area contributed by atoms with Crippen LogP contribution in [0.1, 0.15) is 66.8 Å². The first-order valence-electron chi connectivity index (χ1n) is 17.6. The van der Waals surface area contributed by atoms with Crippen LogP contribution < -0.4 is 20.9 Å². The number of hydrogen-bond donors (Lipinski definition) is 3. The Kier molecular flexibility index (Phi) is 9.69.